The van der Waals surface area contributed by atoms with E-state index in [-0.39, 0.29) is 17.1 Å². The number of rotatable bonds is 4. The van der Waals surface area contributed by atoms with Gasteiger partial charge in [-0.15, -0.1) is 0 Å². The number of nitrogens with two attached hydrogens (primary N) is 1. The van der Waals surface area contributed by atoms with Crippen molar-refractivity contribution in [1.82, 2.24) is 0 Å². The molecular weight excluding hydrogens is 268 g/mol. The number of benzene rings is 1. The molecule has 0 unspecified atom stereocenters. The van der Waals surface area contributed by atoms with Crippen LogP contribution in [0.1, 0.15) is 5.56 Å². The lowest BCUT2D eigenvalue weighted by molar-refractivity contribution is 0.234. The first-order chi connectivity index (χ1) is 8.30. The average molecular weight is 279 g/mol. The third-order valence-corrected chi connectivity index (χ3v) is 3.64. The van der Waals surface area contributed by atoms with Crippen molar-refractivity contribution in [2.24, 2.45) is 10.9 Å². The topological polar surface area (TPSA) is 96.0 Å². The van der Waals surface area contributed by atoms with Gasteiger partial charge in [-0.25, -0.2) is 8.42 Å². The molecule has 9 heteroatoms. The Morgan fingerprint density at radius 3 is 2.61 bits per heavy atom. The van der Waals surface area contributed by atoms with E-state index in [1.54, 1.807) is 0 Å². The van der Waals surface area contributed by atoms with E-state index < -0.39 is 15.8 Å². The molecule has 0 atom stereocenters. The average Bonchev–Trinajstić information content (AvgIpc) is 2.36. The van der Waals surface area contributed by atoms with Gasteiger partial charge in [-0.05, 0) is 12.1 Å². The van der Waals surface area contributed by atoms with Gasteiger partial charge < -0.3 is 10.9 Å². The Hall–Kier alpha value is -1.90. The van der Waals surface area contributed by atoms with Crippen LogP contribution in [0.15, 0.2) is 29.4 Å². The zero-order valence-electron chi connectivity index (χ0n) is 9.29. The summed E-state index contributed by atoms with van der Waals surface area (Å²) in [5, 5.41) is 11.2. The fourth-order valence-electron chi connectivity index (χ4n) is 1.19. The fourth-order valence-corrected chi connectivity index (χ4v) is 1.83. The van der Waals surface area contributed by atoms with Crippen molar-refractivity contribution in [3.63, 3.8) is 0 Å². The molecule has 100 valence electrons. The van der Waals surface area contributed by atoms with E-state index in [4.69, 9.17) is 10.9 Å². The molecule has 1 aromatic rings. The van der Waals surface area contributed by atoms with Crippen molar-refractivity contribution in [1.29, 1.82) is 0 Å². The van der Waals surface area contributed by atoms with Gasteiger partial charge in [-0.1, -0.05) is 17.3 Å². The number of amidine groups is 1. The second-order valence-corrected chi connectivity index (χ2v) is 5.24. The summed E-state index contributed by atoms with van der Waals surface area (Å²) < 4.78 is 47.6. The fraction of sp³-hybridized carbons (Fsp3) is 0.222. The van der Waals surface area contributed by atoms with Crippen LogP contribution < -0.4 is 10.0 Å². The smallest absolute Gasteiger partial charge is 0.355 e. The highest BCUT2D eigenvalue weighted by Gasteiger charge is 2.29. The van der Waals surface area contributed by atoms with E-state index in [2.05, 4.69) is 5.16 Å². The van der Waals surface area contributed by atoms with Gasteiger partial charge in [-0.3, -0.25) is 4.31 Å². The Bertz CT molecular complexity index is 560. The number of anilines is 1. The predicted molar refractivity (Wildman–Crippen MR) is 62.3 cm³/mol. The third kappa shape index (κ3) is 2.67. The molecule has 0 aliphatic carbocycles. The van der Waals surface area contributed by atoms with Gasteiger partial charge in [0.1, 0.15) is 0 Å². The van der Waals surface area contributed by atoms with E-state index in [1.807, 2.05) is 0 Å². The number of sulfonamides is 1. The van der Waals surface area contributed by atoms with Gasteiger partial charge in [0.05, 0.1) is 5.69 Å². The summed E-state index contributed by atoms with van der Waals surface area (Å²) >= 11 is 0. The number of hydrogen-bond acceptors (Lipinski definition) is 4. The molecule has 0 aromatic heterocycles. The standard InChI is InChI=1S/C9H11F2N3O3S/c1-14(18(16,17)9(10)11)7-4-2-3-6(5-7)8(12)13-15/h2-5,9,15H,1H3,(H2,12,13). The maximum atomic E-state index is 12.4. The number of halogens is 2. The molecule has 3 N–H and O–H groups in total. The molecule has 0 saturated carbocycles. The highest BCUT2D eigenvalue weighted by Crippen LogP contribution is 2.21. The minimum atomic E-state index is -4.72. The Kier molecular flexibility index (Phi) is 4.07. The van der Waals surface area contributed by atoms with Gasteiger partial charge >= 0.3 is 5.76 Å². The first kappa shape index (κ1) is 14.2. The van der Waals surface area contributed by atoms with Crippen LogP contribution in [0.4, 0.5) is 14.5 Å². The van der Waals surface area contributed by atoms with Crippen LogP contribution in [0.5, 0.6) is 0 Å². The number of nitrogens with zero attached hydrogens (tertiary/aromatic N) is 2. The van der Waals surface area contributed by atoms with E-state index in [0.717, 1.165) is 7.05 Å². The number of oxime groups is 1. The largest absolute Gasteiger partial charge is 0.409 e. The molecule has 0 aliphatic rings. The summed E-state index contributed by atoms with van der Waals surface area (Å²) in [5.74, 6) is -3.77. The predicted octanol–water partition coefficient (Wildman–Crippen LogP) is 0.770. The third-order valence-electron chi connectivity index (χ3n) is 2.22. The first-order valence-electron chi connectivity index (χ1n) is 4.64. The van der Waals surface area contributed by atoms with E-state index >= 15 is 0 Å². The monoisotopic (exact) mass is 279 g/mol. The molecular formula is C9H11F2N3O3S. The van der Waals surface area contributed by atoms with E-state index in [1.165, 1.54) is 24.3 Å². The number of hydrogen-bond donors (Lipinski definition) is 2. The Balaban J connectivity index is 3.20. The van der Waals surface area contributed by atoms with E-state index in [9.17, 15) is 17.2 Å². The van der Waals surface area contributed by atoms with Crippen LogP contribution in [-0.4, -0.2) is 32.3 Å². The maximum absolute atomic E-state index is 12.4. The van der Waals surface area contributed by atoms with Crippen molar-refractivity contribution in [2.75, 3.05) is 11.4 Å². The minimum absolute atomic E-state index is 0.0144. The second kappa shape index (κ2) is 5.17. The molecule has 0 heterocycles. The van der Waals surface area contributed by atoms with Gasteiger partial charge in [0, 0.05) is 12.6 Å². The highest BCUT2D eigenvalue weighted by molar-refractivity contribution is 7.93. The van der Waals surface area contributed by atoms with E-state index in [0.29, 0.717) is 4.31 Å². The second-order valence-electron chi connectivity index (χ2n) is 3.31. The zero-order valence-corrected chi connectivity index (χ0v) is 10.1. The van der Waals surface area contributed by atoms with Gasteiger partial charge in [0.2, 0.25) is 0 Å². The molecule has 0 amide bonds. The Morgan fingerprint density at radius 2 is 2.11 bits per heavy atom. The molecule has 0 fully saturated rings. The molecule has 0 saturated heterocycles. The van der Waals surface area contributed by atoms with Crippen molar-refractivity contribution in [3.05, 3.63) is 29.8 Å². The van der Waals surface area contributed by atoms with Crippen molar-refractivity contribution >= 4 is 21.5 Å². The molecule has 18 heavy (non-hydrogen) atoms. The SMILES string of the molecule is CN(c1cccc(/C(N)=N/O)c1)S(=O)(=O)C(F)F. The van der Waals surface area contributed by atoms with Crippen molar-refractivity contribution in [2.45, 2.75) is 5.76 Å². The molecule has 1 rings (SSSR count). The highest BCUT2D eigenvalue weighted by atomic mass is 32.2. The molecule has 0 bridgehead atoms. The summed E-state index contributed by atoms with van der Waals surface area (Å²) in [7, 11) is -3.73. The van der Waals surface area contributed by atoms with Gasteiger partial charge in [0.15, 0.2) is 5.84 Å². The normalized spacial score (nSPS) is 12.8. The lowest BCUT2D eigenvalue weighted by atomic mass is 10.2. The lowest BCUT2D eigenvalue weighted by Gasteiger charge is -2.19. The summed E-state index contributed by atoms with van der Waals surface area (Å²) in [5.41, 5.74) is 5.52. The minimum Gasteiger partial charge on any atom is -0.409 e. The van der Waals surface area contributed by atoms with Gasteiger partial charge in [0.25, 0.3) is 10.0 Å². The van der Waals surface area contributed by atoms with Crippen LogP contribution in [0.2, 0.25) is 0 Å². The zero-order chi connectivity index (χ0) is 13.9. The molecule has 1 aromatic carbocycles. The van der Waals surface area contributed by atoms with Crippen molar-refractivity contribution in [3.8, 4) is 0 Å². The van der Waals surface area contributed by atoms with Crippen LogP contribution >= 0.6 is 0 Å². The number of alkyl halides is 2. The Morgan fingerprint density at radius 1 is 1.50 bits per heavy atom. The Labute approximate surface area is 102 Å². The first-order valence-corrected chi connectivity index (χ1v) is 6.15. The van der Waals surface area contributed by atoms with Crippen LogP contribution in [0, 0.1) is 0 Å². The van der Waals surface area contributed by atoms with Crippen LogP contribution in [0.25, 0.3) is 0 Å². The summed E-state index contributed by atoms with van der Waals surface area (Å²) in [6.45, 7) is 0. The summed E-state index contributed by atoms with van der Waals surface area (Å²) in [4.78, 5) is 0. The molecule has 6 nitrogen and oxygen atoms in total. The molecule has 0 aliphatic heterocycles. The lowest BCUT2D eigenvalue weighted by Crippen LogP contribution is -2.32. The quantitative estimate of drug-likeness (QED) is 0.368. The maximum Gasteiger partial charge on any atom is 0.355 e. The van der Waals surface area contributed by atoms with Crippen molar-refractivity contribution < 1.29 is 22.4 Å². The molecule has 0 spiro atoms. The van der Waals surface area contributed by atoms with Crippen LogP contribution in [-0.2, 0) is 10.0 Å². The summed E-state index contributed by atoms with van der Waals surface area (Å²) in [6.07, 6.45) is 0. The molecule has 0 radical (unpaired) electrons. The van der Waals surface area contributed by atoms with Crippen LogP contribution in [0.3, 0.4) is 0 Å². The van der Waals surface area contributed by atoms with Gasteiger partial charge in [-0.2, -0.15) is 8.78 Å². The summed E-state index contributed by atoms with van der Waals surface area (Å²) in [6, 6.07) is 5.38.